The molecular formula is C16H22N2O3. The Balaban J connectivity index is 1.83. The predicted molar refractivity (Wildman–Crippen MR) is 81.7 cm³/mol. The zero-order chi connectivity index (χ0) is 15.0. The van der Waals surface area contributed by atoms with Crippen LogP contribution in [-0.4, -0.2) is 43.9 Å². The summed E-state index contributed by atoms with van der Waals surface area (Å²) in [6.07, 6.45) is 1.48. The standard InChI is InChI=1S/C16H22N2O3/c1-3-21-12-5-4-8-18(10-12)11-6-7-13-14(9-11)17(2)16(20)15(13)19/h6-7,9,12,15,19H,3-5,8,10H2,1-2H3. The number of benzene rings is 1. The SMILES string of the molecule is CCOC1CCCN(c2ccc3c(c2)N(C)C(=O)C3O)C1. The number of hydrogen-bond acceptors (Lipinski definition) is 4. The zero-order valence-electron chi connectivity index (χ0n) is 12.6. The van der Waals surface area contributed by atoms with E-state index in [0.717, 1.165) is 43.9 Å². The Hall–Kier alpha value is -1.59. The van der Waals surface area contributed by atoms with Gasteiger partial charge in [0.15, 0.2) is 6.10 Å². The highest BCUT2D eigenvalue weighted by molar-refractivity contribution is 6.03. The summed E-state index contributed by atoms with van der Waals surface area (Å²) in [7, 11) is 1.71. The van der Waals surface area contributed by atoms with Crippen LogP contribution in [0.2, 0.25) is 0 Å². The molecule has 0 spiro atoms. The lowest BCUT2D eigenvalue weighted by molar-refractivity contribution is -0.125. The molecule has 1 amide bonds. The molecule has 0 radical (unpaired) electrons. The van der Waals surface area contributed by atoms with Crippen LogP contribution in [0.25, 0.3) is 0 Å². The van der Waals surface area contributed by atoms with Crippen LogP contribution >= 0.6 is 0 Å². The molecule has 2 aliphatic heterocycles. The lowest BCUT2D eigenvalue weighted by atomic mass is 10.1. The molecule has 0 saturated carbocycles. The van der Waals surface area contributed by atoms with Gasteiger partial charge in [-0.15, -0.1) is 0 Å². The molecule has 1 fully saturated rings. The van der Waals surface area contributed by atoms with Gasteiger partial charge in [-0.1, -0.05) is 6.07 Å². The van der Waals surface area contributed by atoms with Gasteiger partial charge in [0.25, 0.3) is 5.91 Å². The second-order valence-electron chi connectivity index (χ2n) is 5.71. The largest absolute Gasteiger partial charge is 0.378 e. The second-order valence-corrected chi connectivity index (χ2v) is 5.71. The molecule has 1 saturated heterocycles. The topological polar surface area (TPSA) is 53.0 Å². The Morgan fingerprint density at radius 3 is 3.00 bits per heavy atom. The summed E-state index contributed by atoms with van der Waals surface area (Å²) >= 11 is 0. The molecule has 2 unspecified atom stereocenters. The maximum absolute atomic E-state index is 11.8. The molecule has 2 heterocycles. The van der Waals surface area contributed by atoms with Crippen molar-refractivity contribution in [2.75, 3.05) is 36.5 Å². The van der Waals surface area contributed by atoms with E-state index in [1.165, 1.54) is 4.90 Å². The fourth-order valence-electron chi connectivity index (χ4n) is 3.23. The Morgan fingerprint density at radius 1 is 1.43 bits per heavy atom. The summed E-state index contributed by atoms with van der Waals surface area (Å²) < 4.78 is 5.74. The third-order valence-corrected chi connectivity index (χ3v) is 4.38. The number of aliphatic hydroxyl groups is 1. The summed E-state index contributed by atoms with van der Waals surface area (Å²) in [5, 5.41) is 9.91. The molecule has 1 aromatic carbocycles. The molecule has 0 aliphatic carbocycles. The molecule has 5 nitrogen and oxygen atoms in total. The first-order valence-electron chi connectivity index (χ1n) is 7.58. The first kappa shape index (κ1) is 14.4. The average molecular weight is 290 g/mol. The number of anilines is 2. The first-order chi connectivity index (χ1) is 10.1. The summed E-state index contributed by atoms with van der Waals surface area (Å²) in [5.41, 5.74) is 2.60. The number of rotatable bonds is 3. The summed E-state index contributed by atoms with van der Waals surface area (Å²) in [4.78, 5) is 15.7. The van der Waals surface area contributed by atoms with Crippen molar-refractivity contribution in [1.82, 2.24) is 0 Å². The summed E-state index contributed by atoms with van der Waals surface area (Å²) in [5.74, 6) is -0.256. The molecule has 114 valence electrons. The van der Waals surface area contributed by atoms with Crippen LogP contribution in [0.3, 0.4) is 0 Å². The zero-order valence-corrected chi connectivity index (χ0v) is 12.6. The van der Waals surface area contributed by atoms with Gasteiger partial charge in [0, 0.05) is 38.0 Å². The Morgan fingerprint density at radius 2 is 2.24 bits per heavy atom. The van der Waals surface area contributed by atoms with E-state index in [2.05, 4.69) is 4.90 Å². The quantitative estimate of drug-likeness (QED) is 0.920. The third-order valence-electron chi connectivity index (χ3n) is 4.38. The molecule has 0 bridgehead atoms. The smallest absolute Gasteiger partial charge is 0.260 e. The van der Waals surface area contributed by atoms with E-state index in [1.54, 1.807) is 7.05 Å². The van der Waals surface area contributed by atoms with Gasteiger partial charge in [-0.25, -0.2) is 0 Å². The van der Waals surface area contributed by atoms with Crippen LogP contribution in [0.15, 0.2) is 18.2 Å². The van der Waals surface area contributed by atoms with Gasteiger partial charge in [-0.3, -0.25) is 4.79 Å². The van der Waals surface area contributed by atoms with Gasteiger partial charge in [-0.2, -0.15) is 0 Å². The van der Waals surface area contributed by atoms with Gasteiger partial charge >= 0.3 is 0 Å². The Kier molecular flexibility index (Phi) is 3.87. The molecule has 2 atom stereocenters. The van der Waals surface area contributed by atoms with Crippen molar-refractivity contribution >= 4 is 17.3 Å². The third kappa shape index (κ3) is 2.51. The Labute approximate surface area is 125 Å². The number of aliphatic hydroxyl groups excluding tert-OH is 1. The van der Waals surface area contributed by atoms with Gasteiger partial charge < -0.3 is 19.6 Å². The molecule has 21 heavy (non-hydrogen) atoms. The van der Waals surface area contributed by atoms with Crippen LogP contribution in [0.4, 0.5) is 11.4 Å². The average Bonchev–Trinajstić information content (AvgIpc) is 2.72. The van der Waals surface area contributed by atoms with Crippen molar-refractivity contribution in [3.8, 4) is 0 Å². The maximum atomic E-state index is 11.8. The molecule has 2 aliphatic rings. The van der Waals surface area contributed by atoms with Crippen molar-refractivity contribution in [2.24, 2.45) is 0 Å². The van der Waals surface area contributed by atoms with E-state index in [1.807, 2.05) is 25.1 Å². The van der Waals surface area contributed by atoms with E-state index in [9.17, 15) is 9.90 Å². The number of amides is 1. The van der Waals surface area contributed by atoms with E-state index < -0.39 is 6.10 Å². The highest BCUT2D eigenvalue weighted by Gasteiger charge is 2.34. The fourth-order valence-corrected chi connectivity index (χ4v) is 3.23. The van der Waals surface area contributed by atoms with Gasteiger partial charge in [-0.05, 0) is 31.9 Å². The minimum atomic E-state index is -1.02. The highest BCUT2D eigenvalue weighted by Crippen LogP contribution is 2.37. The lowest BCUT2D eigenvalue weighted by Crippen LogP contribution is -2.39. The van der Waals surface area contributed by atoms with Crippen LogP contribution in [0.1, 0.15) is 31.4 Å². The monoisotopic (exact) mass is 290 g/mol. The van der Waals surface area contributed by atoms with Crippen LogP contribution in [0.5, 0.6) is 0 Å². The van der Waals surface area contributed by atoms with E-state index in [0.29, 0.717) is 5.56 Å². The summed E-state index contributed by atoms with van der Waals surface area (Å²) in [6.45, 7) is 4.65. The van der Waals surface area contributed by atoms with Crippen molar-refractivity contribution in [3.63, 3.8) is 0 Å². The minimum Gasteiger partial charge on any atom is -0.378 e. The number of carbonyl (C=O) groups excluding carboxylic acids is 1. The van der Waals surface area contributed by atoms with E-state index in [4.69, 9.17) is 4.74 Å². The van der Waals surface area contributed by atoms with Crippen LogP contribution in [-0.2, 0) is 9.53 Å². The van der Waals surface area contributed by atoms with E-state index >= 15 is 0 Å². The van der Waals surface area contributed by atoms with Crippen LogP contribution < -0.4 is 9.80 Å². The van der Waals surface area contributed by atoms with Gasteiger partial charge in [0.05, 0.1) is 11.8 Å². The van der Waals surface area contributed by atoms with Gasteiger partial charge in [0.2, 0.25) is 0 Å². The number of fused-ring (bicyclic) bond motifs is 1. The van der Waals surface area contributed by atoms with Crippen molar-refractivity contribution in [2.45, 2.75) is 32.0 Å². The van der Waals surface area contributed by atoms with Gasteiger partial charge in [0.1, 0.15) is 0 Å². The van der Waals surface area contributed by atoms with Crippen molar-refractivity contribution in [1.29, 1.82) is 0 Å². The number of piperidine rings is 1. The van der Waals surface area contributed by atoms with Crippen molar-refractivity contribution in [3.05, 3.63) is 23.8 Å². The highest BCUT2D eigenvalue weighted by atomic mass is 16.5. The molecule has 1 aromatic rings. The maximum Gasteiger partial charge on any atom is 0.260 e. The Bertz CT molecular complexity index is 544. The second kappa shape index (κ2) is 5.66. The number of ether oxygens (including phenoxy) is 1. The fraction of sp³-hybridized carbons (Fsp3) is 0.562. The first-order valence-corrected chi connectivity index (χ1v) is 7.58. The number of carbonyl (C=O) groups is 1. The molecule has 1 N–H and O–H groups in total. The number of hydrogen-bond donors (Lipinski definition) is 1. The number of likely N-dealkylation sites (N-methyl/N-ethyl adjacent to an activating group) is 1. The molecular weight excluding hydrogens is 268 g/mol. The molecule has 0 aromatic heterocycles. The molecule has 3 rings (SSSR count). The summed E-state index contributed by atoms with van der Waals surface area (Å²) in [6, 6.07) is 5.85. The normalized spacial score (nSPS) is 25.4. The van der Waals surface area contributed by atoms with Crippen molar-refractivity contribution < 1.29 is 14.6 Å². The van der Waals surface area contributed by atoms with E-state index in [-0.39, 0.29) is 12.0 Å². The predicted octanol–water partition coefficient (Wildman–Crippen LogP) is 1.70. The van der Waals surface area contributed by atoms with Crippen LogP contribution in [0, 0.1) is 0 Å². The number of nitrogens with zero attached hydrogens (tertiary/aromatic N) is 2. The molecule has 5 heteroatoms. The lowest BCUT2D eigenvalue weighted by Gasteiger charge is -2.34. The minimum absolute atomic E-state index is 0.256.